The van der Waals surface area contributed by atoms with Gasteiger partial charge in [-0.2, -0.15) is 0 Å². The monoisotopic (exact) mass is 352 g/mol. The summed E-state index contributed by atoms with van der Waals surface area (Å²) >= 11 is 9.22. The molecule has 0 aliphatic carbocycles. The van der Waals surface area contributed by atoms with Crippen molar-refractivity contribution in [3.63, 3.8) is 0 Å². The van der Waals surface area contributed by atoms with E-state index in [2.05, 4.69) is 21.2 Å². The molecule has 0 spiro atoms. The maximum absolute atomic E-state index is 12.0. The largest absolute Gasteiger partial charge is 0.325 e. The fourth-order valence-corrected chi connectivity index (χ4v) is 2.27. The van der Waals surface area contributed by atoms with Crippen LogP contribution in [-0.4, -0.2) is 11.9 Å². The molecule has 104 valence electrons. The predicted molar refractivity (Wildman–Crippen MR) is 85.9 cm³/mol. The number of hydrogen-bond acceptors (Lipinski definition) is 2. The first-order chi connectivity index (χ1) is 9.56. The average molecular weight is 354 g/mol. The summed E-state index contributed by atoms with van der Waals surface area (Å²) in [6.07, 6.45) is 0.501. The van der Waals surface area contributed by atoms with Crippen LogP contribution in [0, 0.1) is 0 Å². The Balaban J connectivity index is 1.99. The molecule has 2 aromatic rings. The van der Waals surface area contributed by atoms with Gasteiger partial charge in [-0.25, -0.2) is 0 Å². The number of rotatable bonds is 4. The van der Waals surface area contributed by atoms with E-state index in [1.165, 1.54) is 0 Å². The third-order valence-corrected chi connectivity index (χ3v) is 4.04. The molecule has 3 N–H and O–H groups in total. The molecule has 0 bridgehead atoms. The molecule has 0 heterocycles. The fourth-order valence-electron chi connectivity index (χ4n) is 1.77. The lowest BCUT2D eigenvalue weighted by atomic mass is 10.1. The SMILES string of the molecule is N[C@H](Cc1ccccc1)C(=O)Nc1ccc(Cl)c(Br)c1. The van der Waals surface area contributed by atoms with Crippen LogP contribution in [0.2, 0.25) is 5.02 Å². The van der Waals surface area contributed by atoms with Gasteiger partial charge in [-0.1, -0.05) is 41.9 Å². The first-order valence-corrected chi connectivity index (χ1v) is 7.29. The second kappa shape index (κ2) is 6.88. The van der Waals surface area contributed by atoms with Crippen molar-refractivity contribution in [2.24, 2.45) is 5.73 Å². The quantitative estimate of drug-likeness (QED) is 0.882. The summed E-state index contributed by atoms with van der Waals surface area (Å²) in [4.78, 5) is 12.0. The minimum atomic E-state index is -0.591. The molecule has 2 aromatic carbocycles. The molecule has 0 aromatic heterocycles. The first kappa shape index (κ1) is 15.0. The Morgan fingerprint density at radius 3 is 2.60 bits per heavy atom. The van der Waals surface area contributed by atoms with Crippen LogP contribution in [0.3, 0.4) is 0 Å². The molecule has 20 heavy (non-hydrogen) atoms. The number of nitrogens with one attached hydrogen (secondary N) is 1. The number of amides is 1. The van der Waals surface area contributed by atoms with Gasteiger partial charge >= 0.3 is 0 Å². The zero-order valence-corrected chi connectivity index (χ0v) is 13.0. The molecular formula is C15H14BrClN2O. The van der Waals surface area contributed by atoms with E-state index in [0.717, 1.165) is 10.0 Å². The summed E-state index contributed by atoms with van der Waals surface area (Å²) in [6, 6.07) is 14.3. The summed E-state index contributed by atoms with van der Waals surface area (Å²) < 4.78 is 0.730. The van der Waals surface area contributed by atoms with Crippen LogP contribution in [0.4, 0.5) is 5.69 Å². The van der Waals surface area contributed by atoms with E-state index in [-0.39, 0.29) is 5.91 Å². The van der Waals surface area contributed by atoms with Crippen molar-refractivity contribution in [3.05, 3.63) is 63.6 Å². The number of carbonyl (C=O) groups excluding carboxylic acids is 1. The van der Waals surface area contributed by atoms with Crippen molar-refractivity contribution in [2.45, 2.75) is 12.5 Å². The van der Waals surface area contributed by atoms with Crippen molar-refractivity contribution in [3.8, 4) is 0 Å². The minimum Gasteiger partial charge on any atom is -0.325 e. The highest BCUT2D eigenvalue weighted by atomic mass is 79.9. The van der Waals surface area contributed by atoms with E-state index in [9.17, 15) is 4.79 Å². The molecule has 1 atom stereocenters. The zero-order valence-electron chi connectivity index (χ0n) is 10.6. The lowest BCUT2D eigenvalue weighted by Gasteiger charge is -2.12. The van der Waals surface area contributed by atoms with Crippen LogP contribution in [0.15, 0.2) is 53.0 Å². The Morgan fingerprint density at radius 1 is 1.25 bits per heavy atom. The average Bonchev–Trinajstić information content (AvgIpc) is 2.44. The van der Waals surface area contributed by atoms with E-state index < -0.39 is 6.04 Å². The lowest BCUT2D eigenvalue weighted by Crippen LogP contribution is -2.37. The van der Waals surface area contributed by atoms with Gasteiger partial charge in [0.15, 0.2) is 0 Å². The van der Waals surface area contributed by atoms with Gasteiger partial charge in [-0.05, 0) is 46.1 Å². The third-order valence-electron chi connectivity index (χ3n) is 2.82. The Kier molecular flexibility index (Phi) is 5.17. The van der Waals surface area contributed by atoms with Gasteiger partial charge in [0.05, 0.1) is 11.1 Å². The Labute approximate surface area is 131 Å². The maximum Gasteiger partial charge on any atom is 0.241 e. The maximum atomic E-state index is 12.0. The summed E-state index contributed by atoms with van der Waals surface area (Å²) in [5.41, 5.74) is 7.61. The molecular weight excluding hydrogens is 340 g/mol. The molecule has 0 radical (unpaired) electrons. The van der Waals surface area contributed by atoms with Crippen molar-refractivity contribution >= 4 is 39.1 Å². The Morgan fingerprint density at radius 2 is 1.95 bits per heavy atom. The summed E-state index contributed by atoms with van der Waals surface area (Å²) in [5, 5.41) is 3.37. The van der Waals surface area contributed by atoms with Crippen molar-refractivity contribution in [1.29, 1.82) is 0 Å². The molecule has 0 fully saturated rings. The molecule has 0 unspecified atom stereocenters. The van der Waals surface area contributed by atoms with E-state index >= 15 is 0 Å². The molecule has 3 nitrogen and oxygen atoms in total. The van der Waals surface area contributed by atoms with Crippen LogP contribution in [0.25, 0.3) is 0 Å². The van der Waals surface area contributed by atoms with Gasteiger partial charge in [0.2, 0.25) is 5.91 Å². The molecule has 2 rings (SSSR count). The topological polar surface area (TPSA) is 55.1 Å². The normalized spacial score (nSPS) is 11.9. The number of nitrogens with two attached hydrogens (primary N) is 1. The van der Waals surface area contributed by atoms with Gasteiger partial charge in [0.1, 0.15) is 0 Å². The number of anilines is 1. The van der Waals surface area contributed by atoms with Crippen LogP contribution < -0.4 is 11.1 Å². The molecule has 0 saturated carbocycles. The molecule has 0 aliphatic rings. The Hall–Kier alpha value is -1.36. The lowest BCUT2D eigenvalue weighted by molar-refractivity contribution is -0.117. The molecule has 1 amide bonds. The fraction of sp³-hybridized carbons (Fsp3) is 0.133. The summed E-state index contributed by atoms with van der Waals surface area (Å²) in [6.45, 7) is 0. The van der Waals surface area contributed by atoms with Crippen LogP contribution in [0.1, 0.15) is 5.56 Å². The highest BCUT2D eigenvalue weighted by molar-refractivity contribution is 9.10. The van der Waals surface area contributed by atoms with E-state index in [4.69, 9.17) is 17.3 Å². The van der Waals surface area contributed by atoms with E-state index in [1.807, 2.05) is 30.3 Å². The summed E-state index contributed by atoms with van der Waals surface area (Å²) in [5.74, 6) is -0.219. The smallest absolute Gasteiger partial charge is 0.241 e. The summed E-state index contributed by atoms with van der Waals surface area (Å²) in [7, 11) is 0. The molecule has 0 saturated heterocycles. The minimum absolute atomic E-state index is 0.219. The third kappa shape index (κ3) is 4.07. The highest BCUT2D eigenvalue weighted by Crippen LogP contribution is 2.25. The van der Waals surface area contributed by atoms with Crippen molar-refractivity contribution in [2.75, 3.05) is 5.32 Å². The zero-order chi connectivity index (χ0) is 14.5. The number of hydrogen-bond donors (Lipinski definition) is 2. The predicted octanol–water partition coefficient (Wildman–Crippen LogP) is 3.61. The van der Waals surface area contributed by atoms with E-state index in [1.54, 1.807) is 18.2 Å². The van der Waals surface area contributed by atoms with Crippen molar-refractivity contribution < 1.29 is 4.79 Å². The van der Waals surface area contributed by atoms with Crippen LogP contribution in [0.5, 0.6) is 0 Å². The molecule has 5 heteroatoms. The van der Waals surface area contributed by atoms with Crippen molar-refractivity contribution in [1.82, 2.24) is 0 Å². The van der Waals surface area contributed by atoms with Gasteiger partial charge in [-0.15, -0.1) is 0 Å². The second-order valence-electron chi connectivity index (χ2n) is 4.41. The van der Waals surface area contributed by atoms with Crippen LogP contribution in [-0.2, 0) is 11.2 Å². The number of carbonyl (C=O) groups is 1. The van der Waals surface area contributed by atoms with Gasteiger partial charge in [-0.3, -0.25) is 4.79 Å². The number of halogens is 2. The first-order valence-electron chi connectivity index (χ1n) is 6.11. The highest BCUT2D eigenvalue weighted by Gasteiger charge is 2.14. The Bertz CT molecular complexity index is 604. The second-order valence-corrected chi connectivity index (χ2v) is 5.68. The van der Waals surface area contributed by atoms with Gasteiger partial charge < -0.3 is 11.1 Å². The van der Waals surface area contributed by atoms with Crippen LogP contribution >= 0.6 is 27.5 Å². The van der Waals surface area contributed by atoms with Gasteiger partial charge in [0.25, 0.3) is 0 Å². The molecule has 0 aliphatic heterocycles. The van der Waals surface area contributed by atoms with Gasteiger partial charge in [0, 0.05) is 10.2 Å². The standard InChI is InChI=1S/C15H14BrClN2O/c16-12-9-11(6-7-13(12)17)19-15(20)14(18)8-10-4-2-1-3-5-10/h1-7,9,14H,8,18H2,(H,19,20)/t14-/m1/s1. The number of benzene rings is 2. The van der Waals surface area contributed by atoms with E-state index in [0.29, 0.717) is 17.1 Å².